The van der Waals surface area contributed by atoms with Gasteiger partial charge in [0.05, 0.1) is 22.5 Å². The summed E-state index contributed by atoms with van der Waals surface area (Å²) in [5.41, 5.74) is 4.57. The highest BCUT2D eigenvalue weighted by Crippen LogP contribution is 2.56. The number of thiophene rings is 1. The summed E-state index contributed by atoms with van der Waals surface area (Å²) >= 11 is 1.66. The number of amides is 2. The van der Waals surface area contributed by atoms with Crippen molar-refractivity contribution in [2.24, 2.45) is 17.8 Å². The molecule has 1 fully saturated rings. The van der Waals surface area contributed by atoms with Gasteiger partial charge in [-0.15, -0.1) is 11.3 Å². The minimum absolute atomic E-state index is 0.00482. The summed E-state index contributed by atoms with van der Waals surface area (Å²) in [5.74, 6) is -0.626. The maximum atomic E-state index is 13.9. The lowest BCUT2D eigenvalue weighted by molar-refractivity contribution is -0.177. The average Bonchev–Trinajstić information content (AvgIpc) is 3.70. The summed E-state index contributed by atoms with van der Waals surface area (Å²) in [7, 11) is 0. The molecule has 0 aromatic carbocycles. The Morgan fingerprint density at radius 2 is 1.93 bits per heavy atom. The van der Waals surface area contributed by atoms with Gasteiger partial charge in [0.2, 0.25) is 0 Å². The Kier molecular flexibility index (Phi) is 5.84. The second-order valence-electron chi connectivity index (χ2n) is 13.2. The third-order valence-corrected chi connectivity index (χ3v) is 10.7. The smallest absolute Gasteiger partial charge is 0.261 e. The number of hydrogen-bond donors (Lipinski definition) is 1. The van der Waals surface area contributed by atoms with Gasteiger partial charge in [-0.05, 0) is 55.2 Å². The van der Waals surface area contributed by atoms with Crippen molar-refractivity contribution < 1.29 is 14.7 Å². The number of rotatable bonds is 4. The normalized spacial score (nSPS) is 30.0. The van der Waals surface area contributed by atoms with Crippen LogP contribution >= 0.6 is 11.3 Å². The van der Waals surface area contributed by atoms with E-state index in [9.17, 15) is 14.7 Å². The van der Waals surface area contributed by atoms with Gasteiger partial charge in [0.15, 0.2) is 11.3 Å². The maximum Gasteiger partial charge on any atom is 0.261 e. The third kappa shape index (κ3) is 3.88. The number of carbonyl (C=O) groups is 2. The van der Waals surface area contributed by atoms with E-state index in [1.807, 2.05) is 44.3 Å². The highest BCUT2D eigenvalue weighted by Gasteiger charge is 2.64. The molecule has 8 nitrogen and oxygen atoms in total. The highest BCUT2D eigenvalue weighted by atomic mass is 32.1. The fraction of sp³-hybridized carbons (Fsp3) is 0.343. The molecule has 0 bridgehead atoms. The second-order valence-corrected chi connectivity index (χ2v) is 14.2. The van der Waals surface area contributed by atoms with Crippen molar-refractivity contribution in [1.29, 1.82) is 0 Å². The van der Waals surface area contributed by atoms with Gasteiger partial charge in [0.25, 0.3) is 11.8 Å². The molecule has 4 aromatic rings. The zero-order valence-corrected chi connectivity index (χ0v) is 25.9. The van der Waals surface area contributed by atoms with E-state index in [0.29, 0.717) is 24.0 Å². The summed E-state index contributed by atoms with van der Waals surface area (Å²) in [6, 6.07) is 8.21. The van der Waals surface area contributed by atoms with Gasteiger partial charge in [-0.25, -0.2) is 9.97 Å². The molecule has 5 heterocycles. The van der Waals surface area contributed by atoms with Crippen LogP contribution in [0.15, 0.2) is 77.4 Å². The average molecular weight is 604 g/mol. The summed E-state index contributed by atoms with van der Waals surface area (Å²) in [6.07, 6.45) is 13.5. The van der Waals surface area contributed by atoms with E-state index in [-0.39, 0.29) is 29.6 Å². The van der Waals surface area contributed by atoms with E-state index >= 15 is 0 Å². The Morgan fingerprint density at radius 3 is 2.64 bits per heavy atom. The van der Waals surface area contributed by atoms with E-state index in [2.05, 4.69) is 52.7 Å². The summed E-state index contributed by atoms with van der Waals surface area (Å²) in [6.45, 7) is 7.88. The van der Waals surface area contributed by atoms with Gasteiger partial charge < -0.3 is 5.11 Å². The monoisotopic (exact) mass is 603 g/mol. The van der Waals surface area contributed by atoms with E-state index in [4.69, 9.17) is 4.98 Å². The Labute approximate surface area is 259 Å². The lowest BCUT2D eigenvalue weighted by Crippen LogP contribution is -2.70. The fourth-order valence-electron chi connectivity index (χ4n) is 8.07. The maximum absolute atomic E-state index is 13.9. The summed E-state index contributed by atoms with van der Waals surface area (Å²) < 4.78 is 1.80. The number of hydrogen-bond acceptors (Lipinski definition) is 7. The predicted octanol–water partition coefficient (Wildman–Crippen LogP) is 6.06. The molecule has 3 unspecified atom stereocenters. The quantitative estimate of drug-likeness (QED) is 0.285. The predicted molar refractivity (Wildman–Crippen MR) is 170 cm³/mol. The van der Waals surface area contributed by atoms with Gasteiger partial charge in [-0.2, -0.15) is 9.61 Å². The first-order chi connectivity index (χ1) is 21.1. The molecule has 3 atom stereocenters. The lowest BCUT2D eigenvalue weighted by Gasteiger charge is -2.60. The van der Waals surface area contributed by atoms with E-state index in [1.165, 1.54) is 4.90 Å². The Bertz CT molecular complexity index is 2020. The number of carbonyl (C=O) groups excluding carboxylic acids is 2. The number of imide groups is 1. The number of fused-ring (bicyclic) bond motifs is 3. The number of allylic oxidation sites excluding steroid dienone is 4. The standard InChI is InChI=1S/C35H33N5O3S/c1-19-7-5-8-24-29(19)33(42)39(32(24)41)35(17-34(4,43)18-35)26-11-10-22(13-20(26)2)30-25(27-9-6-12-44-27)15-23-16-36-28-14-21(3)38-40(28)31(23)37-30/h5-6,8-16,19-20,26,43H,7,17-18H2,1-4H3. The van der Waals surface area contributed by atoms with Crippen molar-refractivity contribution >= 4 is 45.4 Å². The number of aliphatic hydroxyl groups is 1. The van der Waals surface area contributed by atoms with Crippen LogP contribution in [0.2, 0.25) is 0 Å². The molecular weight excluding hydrogens is 570 g/mol. The van der Waals surface area contributed by atoms with Crippen LogP contribution in [0.1, 0.15) is 51.4 Å². The molecule has 1 aliphatic heterocycles. The third-order valence-electron chi connectivity index (χ3n) is 9.80. The SMILES string of the molecule is Cc1cc2ncc3cc(-c4cccs4)c(C4=CC(C)C(C5(N6C(=O)C7=C(C6=O)C(C)CC=C7)CC(C)(O)C5)C=C4)nc3n2n1. The van der Waals surface area contributed by atoms with Gasteiger partial charge in [0.1, 0.15) is 0 Å². The minimum Gasteiger partial charge on any atom is -0.390 e. The Hall–Kier alpha value is -4.21. The zero-order valence-electron chi connectivity index (χ0n) is 25.1. The van der Waals surface area contributed by atoms with E-state index < -0.39 is 11.1 Å². The van der Waals surface area contributed by atoms with Crippen LogP contribution in [-0.2, 0) is 9.59 Å². The molecule has 1 saturated carbocycles. The Morgan fingerprint density at radius 1 is 1.11 bits per heavy atom. The molecule has 44 heavy (non-hydrogen) atoms. The molecule has 0 spiro atoms. The first-order valence-electron chi connectivity index (χ1n) is 15.2. The number of pyridine rings is 1. The largest absolute Gasteiger partial charge is 0.390 e. The molecule has 2 amide bonds. The first kappa shape index (κ1) is 27.3. The molecule has 4 aromatic heterocycles. The molecule has 8 rings (SSSR count). The van der Waals surface area contributed by atoms with Crippen molar-refractivity contribution in [1.82, 2.24) is 24.5 Å². The van der Waals surface area contributed by atoms with Crippen molar-refractivity contribution in [3.63, 3.8) is 0 Å². The molecule has 0 saturated heterocycles. The molecule has 4 aliphatic rings. The van der Waals surface area contributed by atoms with E-state index in [1.54, 1.807) is 22.8 Å². The zero-order chi connectivity index (χ0) is 30.5. The topological polar surface area (TPSA) is 101 Å². The van der Waals surface area contributed by atoms with Crippen LogP contribution in [0.3, 0.4) is 0 Å². The van der Waals surface area contributed by atoms with Gasteiger partial charge >= 0.3 is 0 Å². The van der Waals surface area contributed by atoms with Crippen LogP contribution < -0.4 is 0 Å². The molecule has 3 aliphatic carbocycles. The number of aromatic nitrogens is 4. The van der Waals surface area contributed by atoms with Crippen molar-refractivity contribution in [3.05, 3.63) is 88.8 Å². The number of aryl methyl sites for hydroxylation is 1. The van der Waals surface area contributed by atoms with Crippen LogP contribution in [0.4, 0.5) is 0 Å². The van der Waals surface area contributed by atoms with Crippen LogP contribution in [0.25, 0.3) is 32.7 Å². The Balaban J connectivity index is 1.22. The lowest BCUT2D eigenvalue weighted by atomic mass is 9.55. The molecular formula is C35H33N5O3S. The van der Waals surface area contributed by atoms with Crippen LogP contribution in [0.5, 0.6) is 0 Å². The van der Waals surface area contributed by atoms with E-state index in [0.717, 1.165) is 50.5 Å². The summed E-state index contributed by atoms with van der Waals surface area (Å²) in [4.78, 5) is 40.2. The molecule has 0 radical (unpaired) electrons. The fourth-order valence-corrected chi connectivity index (χ4v) is 8.81. The molecule has 9 heteroatoms. The molecule has 222 valence electrons. The number of nitrogens with zero attached hydrogens (tertiary/aromatic N) is 5. The second kappa shape index (κ2) is 9.39. The minimum atomic E-state index is -0.948. The van der Waals surface area contributed by atoms with Gasteiger partial charge in [0, 0.05) is 58.0 Å². The van der Waals surface area contributed by atoms with Crippen molar-refractivity contribution in [2.75, 3.05) is 0 Å². The summed E-state index contributed by atoms with van der Waals surface area (Å²) in [5, 5.41) is 18.7. The molecule has 1 N–H and O–H groups in total. The van der Waals surface area contributed by atoms with Crippen molar-refractivity contribution in [3.8, 4) is 10.4 Å². The highest BCUT2D eigenvalue weighted by molar-refractivity contribution is 7.13. The van der Waals surface area contributed by atoms with Gasteiger partial charge in [-0.1, -0.05) is 50.3 Å². The van der Waals surface area contributed by atoms with Crippen molar-refractivity contribution in [2.45, 2.75) is 58.1 Å². The van der Waals surface area contributed by atoms with Crippen LogP contribution in [0, 0.1) is 24.7 Å². The van der Waals surface area contributed by atoms with Gasteiger partial charge in [-0.3, -0.25) is 14.5 Å². The first-order valence-corrected chi connectivity index (χ1v) is 16.1. The van der Waals surface area contributed by atoms with Crippen LogP contribution in [-0.4, -0.2) is 52.5 Å².